The van der Waals surface area contributed by atoms with Crippen molar-refractivity contribution >= 4 is 34.7 Å². The molecule has 7 heteroatoms. The normalized spacial score (nSPS) is 17.5. The van der Waals surface area contributed by atoms with Crippen LogP contribution in [-0.4, -0.2) is 46.3 Å². The van der Waals surface area contributed by atoms with E-state index in [1.165, 1.54) is 13.0 Å². The van der Waals surface area contributed by atoms with E-state index >= 15 is 0 Å². The molecule has 2 aromatic rings. The van der Waals surface area contributed by atoms with Gasteiger partial charge in [-0.2, -0.15) is 0 Å². The van der Waals surface area contributed by atoms with Gasteiger partial charge in [0.15, 0.2) is 0 Å². The Labute approximate surface area is 177 Å². The molecule has 2 N–H and O–H groups in total. The molecule has 1 saturated heterocycles. The van der Waals surface area contributed by atoms with Gasteiger partial charge in [0.1, 0.15) is 11.6 Å². The number of benzene rings is 1. The second kappa shape index (κ2) is 9.68. The SMILES string of the molecule is CCN1CCCC(Nc2cc(C)nc(CC(=N)Cc3ccc(Cl)c(Cl)c3)n2)C1. The second-order valence-corrected chi connectivity index (χ2v) is 8.21. The topological polar surface area (TPSA) is 64.9 Å². The van der Waals surface area contributed by atoms with Crippen molar-refractivity contribution in [2.24, 2.45) is 0 Å². The van der Waals surface area contributed by atoms with Crippen LogP contribution in [0, 0.1) is 12.3 Å². The van der Waals surface area contributed by atoms with Crippen molar-refractivity contribution < 1.29 is 0 Å². The van der Waals surface area contributed by atoms with Gasteiger partial charge in [-0.05, 0) is 50.6 Å². The molecule has 1 aliphatic heterocycles. The lowest BCUT2D eigenvalue weighted by atomic mass is 10.1. The van der Waals surface area contributed by atoms with Crippen molar-refractivity contribution in [3.63, 3.8) is 0 Å². The van der Waals surface area contributed by atoms with Gasteiger partial charge in [0.2, 0.25) is 0 Å². The fraction of sp³-hybridized carbons (Fsp3) is 0.476. The molecule has 28 heavy (non-hydrogen) atoms. The number of likely N-dealkylation sites (tertiary alicyclic amines) is 1. The average molecular weight is 420 g/mol. The Morgan fingerprint density at radius 1 is 1.21 bits per heavy atom. The fourth-order valence-corrected chi connectivity index (χ4v) is 3.92. The summed E-state index contributed by atoms with van der Waals surface area (Å²) in [6, 6.07) is 7.87. The fourth-order valence-electron chi connectivity index (χ4n) is 3.60. The van der Waals surface area contributed by atoms with E-state index in [0.717, 1.165) is 36.6 Å². The molecular weight excluding hydrogens is 393 g/mol. The summed E-state index contributed by atoms with van der Waals surface area (Å²) in [6.07, 6.45) is 3.28. The van der Waals surface area contributed by atoms with E-state index in [2.05, 4.69) is 27.1 Å². The third-order valence-electron chi connectivity index (χ3n) is 4.98. The van der Waals surface area contributed by atoms with E-state index < -0.39 is 0 Å². The standard InChI is InChI=1S/C21H27Cl2N5/c1-3-28-8-4-5-17(13-28)26-20-9-14(2)25-21(27-20)12-16(24)10-15-6-7-18(22)19(23)11-15/h6-7,9,11,17,24H,3-5,8,10,12-13H2,1-2H3,(H,25,26,27). The molecule has 1 aliphatic rings. The molecule has 0 saturated carbocycles. The monoisotopic (exact) mass is 419 g/mol. The zero-order valence-electron chi connectivity index (χ0n) is 16.4. The van der Waals surface area contributed by atoms with E-state index in [-0.39, 0.29) is 0 Å². The van der Waals surface area contributed by atoms with Crippen LogP contribution in [0.2, 0.25) is 10.0 Å². The van der Waals surface area contributed by atoms with Crippen LogP contribution in [0.5, 0.6) is 0 Å². The lowest BCUT2D eigenvalue weighted by Gasteiger charge is -2.32. The molecule has 1 aromatic carbocycles. The Balaban J connectivity index is 1.63. The molecule has 0 radical (unpaired) electrons. The molecular formula is C21H27Cl2N5. The molecule has 0 bridgehead atoms. The van der Waals surface area contributed by atoms with Crippen LogP contribution in [-0.2, 0) is 12.8 Å². The van der Waals surface area contributed by atoms with Gasteiger partial charge in [0.25, 0.3) is 0 Å². The number of anilines is 1. The molecule has 1 fully saturated rings. The van der Waals surface area contributed by atoms with Gasteiger partial charge in [0.05, 0.1) is 10.0 Å². The third-order valence-corrected chi connectivity index (χ3v) is 5.72. The molecule has 150 valence electrons. The molecule has 1 atom stereocenters. The summed E-state index contributed by atoms with van der Waals surface area (Å²) < 4.78 is 0. The Morgan fingerprint density at radius 3 is 2.79 bits per heavy atom. The maximum atomic E-state index is 8.35. The molecule has 3 rings (SSSR count). The van der Waals surface area contributed by atoms with E-state index in [0.29, 0.717) is 40.5 Å². The lowest BCUT2D eigenvalue weighted by molar-refractivity contribution is 0.226. The minimum absolute atomic E-state index is 0.409. The molecule has 0 aliphatic carbocycles. The Morgan fingerprint density at radius 2 is 2.04 bits per heavy atom. The van der Waals surface area contributed by atoms with Crippen LogP contribution in [0.4, 0.5) is 5.82 Å². The number of piperidine rings is 1. The van der Waals surface area contributed by atoms with E-state index in [1.54, 1.807) is 6.07 Å². The van der Waals surface area contributed by atoms with Crippen molar-refractivity contribution in [2.45, 2.75) is 45.6 Å². The molecule has 0 spiro atoms. The largest absolute Gasteiger partial charge is 0.366 e. The first kappa shape index (κ1) is 21.0. The second-order valence-electron chi connectivity index (χ2n) is 7.39. The molecule has 0 amide bonds. The van der Waals surface area contributed by atoms with E-state index in [1.807, 2.05) is 25.1 Å². The predicted octanol–water partition coefficient (Wildman–Crippen LogP) is 4.79. The van der Waals surface area contributed by atoms with Gasteiger partial charge in [-0.25, -0.2) is 9.97 Å². The smallest absolute Gasteiger partial charge is 0.136 e. The number of hydrogen-bond donors (Lipinski definition) is 2. The number of rotatable bonds is 7. The first-order valence-electron chi connectivity index (χ1n) is 9.76. The minimum atomic E-state index is 0.409. The molecule has 5 nitrogen and oxygen atoms in total. The highest BCUT2D eigenvalue weighted by Gasteiger charge is 2.19. The van der Waals surface area contributed by atoms with Gasteiger partial charge < -0.3 is 15.6 Å². The van der Waals surface area contributed by atoms with Crippen LogP contribution < -0.4 is 5.32 Å². The Hall–Kier alpha value is -1.69. The van der Waals surface area contributed by atoms with Crippen LogP contribution in [0.15, 0.2) is 24.3 Å². The van der Waals surface area contributed by atoms with Gasteiger partial charge in [-0.1, -0.05) is 36.2 Å². The van der Waals surface area contributed by atoms with Crippen molar-refractivity contribution in [3.8, 4) is 0 Å². The number of hydrogen-bond acceptors (Lipinski definition) is 5. The summed E-state index contributed by atoms with van der Waals surface area (Å²) in [7, 11) is 0. The molecule has 1 aromatic heterocycles. The summed E-state index contributed by atoms with van der Waals surface area (Å²) >= 11 is 12.0. The highest BCUT2D eigenvalue weighted by molar-refractivity contribution is 6.42. The predicted molar refractivity (Wildman–Crippen MR) is 117 cm³/mol. The maximum absolute atomic E-state index is 8.35. The van der Waals surface area contributed by atoms with Crippen LogP contribution >= 0.6 is 23.2 Å². The molecule has 1 unspecified atom stereocenters. The number of halogens is 2. The van der Waals surface area contributed by atoms with Crippen molar-refractivity contribution in [1.29, 1.82) is 5.41 Å². The highest BCUT2D eigenvalue weighted by Crippen LogP contribution is 2.23. The maximum Gasteiger partial charge on any atom is 0.136 e. The zero-order chi connectivity index (χ0) is 20.1. The summed E-state index contributed by atoms with van der Waals surface area (Å²) in [5, 5.41) is 13.0. The van der Waals surface area contributed by atoms with E-state index in [9.17, 15) is 0 Å². The highest BCUT2D eigenvalue weighted by atomic mass is 35.5. The lowest BCUT2D eigenvalue weighted by Crippen LogP contribution is -2.42. The van der Waals surface area contributed by atoms with Gasteiger partial charge in [-0.3, -0.25) is 0 Å². The number of likely N-dealkylation sites (N-methyl/N-ethyl adjacent to an activating group) is 1. The number of nitrogens with one attached hydrogen (secondary N) is 2. The third kappa shape index (κ3) is 5.90. The first-order valence-corrected chi connectivity index (χ1v) is 10.5. The number of aryl methyl sites for hydroxylation is 1. The summed E-state index contributed by atoms with van der Waals surface area (Å²) in [6.45, 7) is 7.47. The van der Waals surface area contributed by atoms with Crippen molar-refractivity contribution in [3.05, 3.63) is 51.4 Å². The van der Waals surface area contributed by atoms with Crippen molar-refractivity contribution in [2.75, 3.05) is 25.0 Å². The summed E-state index contributed by atoms with van der Waals surface area (Å²) in [4.78, 5) is 11.6. The Kier molecular flexibility index (Phi) is 7.27. The molecule has 2 heterocycles. The number of aromatic nitrogens is 2. The summed E-state index contributed by atoms with van der Waals surface area (Å²) in [5.41, 5.74) is 2.43. The van der Waals surface area contributed by atoms with Crippen molar-refractivity contribution in [1.82, 2.24) is 14.9 Å². The van der Waals surface area contributed by atoms with Gasteiger partial charge in [-0.15, -0.1) is 0 Å². The van der Waals surface area contributed by atoms with Gasteiger partial charge in [0, 0.05) is 42.9 Å². The Bertz CT molecular complexity index is 840. The minimum Gasteiger partial charge on any atom is -0.366 e. The zero-order valence-corrected chi connectivity index (χ0v) is 17.9. The average Bonchev–Trinajstić information content (AvgIpc) is 2.64. The summed E-state index contributed by atoms with van der Waals surface area (Å²) in [5.74, 6) is 1.53. The first-order chi connectivity index (χ1) is 13.4. The number of nitrogens with zero attached hydrogens (tertiary/aromatic N) is 3. The van der Waals surface area contributed by atoms with Crippen LogP contribution in [0.25, 0.3) is 0 Å². The van der Waals surface area contributed by atoms with Crippen LogP contribution in [0.3, 0.4) is 0 Å². The van der Waals surface area contributed by atoms with Gasteiger partial charge >= 0.3 is 0 Å². The van der Waals surface area contributed by atoms with E-state index in [4.69, 9.17) is 28.6 Å². The van der Waals surface area contributed by atoms with Crippen LogP contribution in [0.1, 0.15) is 36.8 Å². The quantitative estimate of drug-likeness (QED) is 0.632.